The molecule has 0 heterocycles. The first kappa shape index (κ1) is 13.6. The van der Waals surface area contributed by atoms with Crippen LogP contribution in [0.3, 0.4) is 0 Å². The van der Waals surface area contributed by atoms with Crippen LogP contribution in [0.1, 0.15) is 11.6 Å². The smallest absolute Gasteiger partial charge is 0.142 e. The molecule has 2 nitrogen and oxygen atoms in total. The fraction of sp³-hybridized carbons (Fsp3) is 0.250. The lowest BCUT2D eigenvalue weighted by Gasteiger charge is -2.12. The van der Waals surface area contributed by atoms with E-state index in [2.05, 4.69) is 0 Å². The Bertz CT molecular complexity index is 320. The quantitative estimate of drug-likeness (QED) is 0.780. The van der Waals surface area contributed by atoms with Crippen molar-refractivity contribution in [2.24, 2.45) is 11.5 Å². The largest absolute Gasteiger partial charge is 0.329 e. The standard InChI is InChI=1S/C8H9ClF2N2.ClH/c9-8-5(11)2-1-4(10)7(8)6(13)3-12;/h1-2,6H,3,12-13H2;1H/t6-;/m0./s1. The lowest BCUT2D eigenvalue weighted by molar-refractivity contribution is 0.564. The maximum Gasteiger partial charge on any atom is 0.142 e. The summed E-state index contributed by atoms with van der Waals surface area (Å²) in [5.74, 6) is -1.33. The van der Waals surface area contributed by atoms with E-state index in [4.69, 9.17) is 23.1 Å². The molecule has 0 bridgehead atoms. The zero-order valence-corrected chi connectivity index (χ0v) is 8.71. The average molecular weight is 243 g/mol. The predicted octanol–water partition coefficient (Wildman–Crippen LogP) is 2.00. The van der Waals surface area contributed by atoms with E-state index in [0.29, 0.717) is 0 Å². The molecule has 0 spiro atoms. The van der Waals surface area contributed by atoms with E-state index in [1.807, 2.05) is 0 Å². The summed E-state index contributed by atoms with van der Waals surface area (Å²) in [5.41, 5.74) is 10.6. The van der Waals surface area contributed by atoms with Crippen LogP contribution < -0.4 is 11.5 Å². The molecule has 0 amide bonds. The van der Waals surface area contributed by atoms with Crippen LogP contribution in [0, 0.1) is 11.6 Å². The lowest BCUT2D eigenvalue weighted by atomic mass is 10.1. The van der Waals surface area contributed by atoms with Crippen LogP contribution in [0.25, 0.3) is 0 Å². The lowest BCUT2D eigenvalue weighted by Crippen LogP contribution is -2.22. The molecular formula is C8H10Cl2F2N2. The molecule has 6 heteroatoms. The Morgan fingerprint density at radius 2 is 1.79 bits per heavy atom. The van der Waals surface area contributed by atoms with Gasteiger partial charge in [-0.3, -0.25) is 0 Å². The number of hydrogen-bond donors (Lipinski definition) is 2. The molecule has 1 aromatic carbocycles. The van der Waals surface area contributed by atoms with Gasteiger partial charge in [0.25, 0.3) is 0 Å². The maximum atomic E-state index is 13.1. The summed E-state index contributed by atoms with van der Waals surface area (Å²) in [4.78, 5) is 0. The van der Waals surface area contributed by atoms with Crippen LogP contribution in [0.15, 0.2) is 12.1 Å². The molecule has 0 saturated carbocycles. The van der Waals surface area contributed by atoms with Crippen LogP contribution in [-0.4, -0.2) is 6.54 Å². The molecule has 0 aromatic heterocycles. The summed E-state index contributed by atoms with van der Waals surface area (Å²) in [6, 6.07) is 1.15. The number of benzene rings is 1. The van der Waals surface area contributed by atoms with E-state index in [0.717, 1.165) is 12.1 Å². The van der Waals surface area contributed by atoms with E-state index >= 15 is 0 Å². The van der Waals surface area contributed by atoms with Gasteiger partial charge in [-0.1, -0.05) is 11.6 Å². The van der Waals surface area contributed by atoms with Crippen molar-refractivity contribution < 1.29 is 8.78 Å². The van der Waals surface area contributed by atoms with Crippen molar-refractivity contribution in [3.8, 4) is 0 Å². The van der Waals surface area contributed by atoms with Gasteiger partial charge in [-0.25, -0.2) is 8.78 Å². The van der Waals surface area contributed by atoms with Crippen molar-refractivity contribution in [2.75, 3.05) is 6.54 Å². The Labute approximate surface area is 91.6 Å². The van der Waals surface area contributed by atoms with Gasteiger partial charge in [-0.05, 0) is 12.1 Å². The number of rotatable bonds is 2. The van der Waals surface area contributed by atoms with Gasteiger partial charge in [0, 0.05) is 18.2 Å². The van der Waals surface area contributed by atoms with Crippen LogP contribution in [0.2, 0.25) is 5.02 Å². The third kappa shape index (κ3) is 2.54. The van der Waals surface area contributed by atoms with E-state index < -0.39 is 17.7 Å². The minimum atomic E-state index is -0.775. The fourth-order valence-electron chi connectivity index (χ4n) is 1.00. The van der Waals surface area contributed by atoms with Crippen LogP contribution in [-0.2, 0) is 0 Å². The normalized spacial score (nSPS) is 12.1. The summed E-state index contributed by atoms with van der Waals surface area (Å²) < 4.78 is 25.9. The van der Waals surface area contributed by atoms with Gasteiger partial charge in [0.2, 0.25) is 0 Å². The van der Waals surface area contributed by atoms with Crippen molar-refractivity contribution in [2.45, 2.75) is 6.04 Å². The Kier molecular flexibility index (Phi) is 5.29. The van der Waals surface area contributed by atoms with E-state index in [9.17, 15) is 8.78 Å². The van der Waals surface area contributed by atoms with E-state index in [1.54, 1.807) is 0 Å². The third-order valence-electron chi connectivity index (χ3n) is 1.70. The van der Waals surface area contributed by atoms with Crippen molar-refractivity contribution in [3.63, 3.8) is 0 Å². The number of hydrogen-bond acceptors (Lipinski definition) is 2. The van der Waals surface area contributed by atoms with Gasteiger partial charge in [-0.2, -0.15) is 0 Å². The first-order valence-corrected chi connectivity index (χ1v) is 4.04. The van der Waals surface area contributed by atoms with Crippen molar-refractivity contribution in [1.82, 2.24) is 0 Å². The first-order valence-electron chi connectivity index (χ1n) is 3.67. The highest BCUT2D eigenvalue weighted by atomic mass is 35.5. The van der Waals surface area contributed by atoms with Gasteiger partial charge in [0.05, 0.1) is 5.02 Å². The van der Waals surface area contributed by atoms with Gasteiger partial charge < -0.3 is 11.5 Å². The summed E-state index contributed by atoms with van der Waals surface area (Å²) in [6.07, 6.45) is 0. The van der Waals surface area contributed by atoms with Crippen LogP contribution in [0.4, 0.5) is 8.78 Å². The summed E-state index contributed by atoms with van der Waals surface area (Å²) in [6.45, 7) is 0.0140. The second kappa shape index (κ2) is 5.46. The molecule has 0 aliphatic rings. The highest BCUT2D eigenvalue weighted by Crippen LogP contribution is 2.26. The second-order valence-electron chi connectivity index (χ2n) is 2.60. The van der Waals surface area contributed by atoms with Crippen LogP contribution >= 0.6 is 24.0 Å². The number of nitrogens with two attached hydrogens (primary N) is 2. The molecule has 0 aliphatic carbocycles. The molecule has 1 atom stereocenters. The predicted molar refractivity (Wildman–Crippen MR) is 54.6 cm³/mol. The monoisotopic (exact) mass is 242 g/mol. The molecule has 1 aromatic rings. The number of halogens is 4. The average Bonchev–Trinajstić information content (AvgIpc) is 2.12. The Balaban J connectivity index is 0.00000169. The Morgan fingerprint density at radius 1 is 1.29 bits per heavy atom. The van der Waals surface area contributed by atoms with Gasteiger partial charge in [-0.15, -0.1) is 12.4 Å². The zero-order valence-electron chi connectivity index (χ0n) is 7.14. The second-order valence-corrected chi connectivity index (χ2v) is 2.98. The van der Waals surface area contributed by atoms with E-state index in [1.165, 1.54) is 0 Å². The maximum absolute atomic E-state index is 13.1. The van der Waals surface area contributed by atoms with Crippen molar-refractivity contribution in [1.29, 1.82) is 0 Å². The summed E-state index contributed by atoms with van der Waals surface area (Å²) >= 11 is 5.52. The van der Waals surface area contributed by atoms with Crippen LogP contribution in [0.5, 0.6) is 0 Å². The molecule has 0 saturated heterocycles. The fourth-order valence-corrected chi connectivity index (χ4v) is 1.29. The Morgan fingerprint density at radius 3 is 2.29 bits per heavy atom. The highest BCUT2D eigenvalue weighted by molar-refractivity contribution is 6.31. The molecule has 0 aliphatic heterocycles. The van der Waals surface area contributed by atoms with Crippen molar-refractivity contribution >= 4 is 24.0 Å². The third-order valence-corrected chi connectivity index (χ3v) is 2.09. The first-order chi connectivity index (χ1) is 6.07. The Hall–Kier alpha value is -0.420. The minimum absolute atomic E-state index is 0. The molecule has 14 heavy (non-hydrogen) atoms. The minimum Gasteiger partial charge on any atom is -0.329 e. The molecule has 0 unspecified atom stereocenters. The van der Waals surface area contributed by atoms with Gasteiger partial charge in [0.1, 0.15) is 11.6 Å². The van der Waals surface area contributed by atoms with E-state index in [-0.39, 0.29) is 29.5 Å². The molecule has 1 rings (SSSR count). The van der Waals surface area contributed by atoms with Gasteiger partial charge in [0.15, 0.2) is 0 Å². The SMILES string of the molecule is Cl.NC[C@H](N)c1c(F)ccc(F)c1Cl. The summed E-state index contributed by atoms with van der Waals surface area (Å²) in [7, 11) is 0. The summed E-state index contributed by atoms with van der Waals surface area (Å²) in [5, 5.41) is -0.294. The molecular weight excluding hydrogens is 233 g/mol. The molecule has 0 fully saturated rings. The van der Waals surface area contributed by atoms with Crippen molar-refractivity contribution in [3.05, 3.63) is 34.4 Å². The molecule has 4 N–H and O–H groups in total. The molecule has 0 radical (unpaired) electrons. The van der Waals surface area contributed by atoms with Gasteiger partial charge >= 0.3 is 0 Å². The highest BCUT2D eigenvalue weighted by Gasteiger charge is 2.16. The zero-order chi connectivity index (χ0) is 10.0. The topological polar surface area (TPSA) is 52.0 Å². The molecule has 80 valence electrons.